The van der Waals surface area contributed by atoms with E-state index in [1.54, 1.807) is 32.7 Å². The maximum Gasteiger partial charge on any atom is 0.323 e. The van der Waals surface area contributed by atoms with Crippen molar-refractivity contribution in [3.63, 3.8) is 0 Å². The molecule has 0 radical (unpaired) electrons. The lowest BCUT2D eigenvalue weighted by Gasteiger charge is -2.29. The number of carboxylic acid groups (broad SMARTS) is 1. The van der Waals surface area contributed by atoms with Crippen LogP contribution in [0.2, 0.25) is 0 Å². The first kappa shape index (κ1) is 11.0. The molecule has 0 saturated heterocycles. The fourth-order valence-electron chi connectivity index (χ4n) is 0.559. The van der Waals surface area contributed by atoms with E-state index >= 15 is 0 Å². The molecule has 12 heavy (non-hydrogen) atoms. The topological polar surface area (TPSA) is 40.5 Å². The van der Waals surface area contributed by atoms with E-state index in [9.17, 15) is 4.79 Å². The Balaban J connectivity index is 4.31. The quantitative estimate of drug-likeness (QED) is 0.635. The standard InChI is InChI=1S/C9H15NO2/c1-5-6-7-10(4)9(2,3)8(11)12/h7H2,1-4H3,(H,11,12). The Bertz CT molecular complexity index is 222. The molecule has 0 aromatic rings. The number of nitrogens with zero attached hydrogens (tertiary/aromatic N) is 1. The SMILES string of the molecule is CC#CCN(C)C(C)(C)C(=O)O. The van der Waals surface area contributed by atoms with Gasteiger partial charge in [0.15, 0.2) is 0 Å². The second-order valence-corrected chi connectivity index (χ2v) is 3.15. The zero-order chi connectivity index (χ0) is 9.78. The van der Waals surface area contributed by atoms with Gasteiger partial charge in [0, 0.05) is 0 Å². The second kappa shape index (κ2) is 4.13. The van der Waals surface area contributed by atoms with Crippen LogP contribution in [0, 0.1) is 11.8 Å². The fraction of sp³-hybridized carbons (Fsp3) is 0.667. The molecule has 0 rings (SSSR count). The van der Waals surface area contributed by atoms with Crippen LogP contribution >= 0.6 is 0 Å². The molecule has 1 N–H and O–H groups in total. The Morgan fingerprint density at radius 2 is 2.08 bits per heavy atom. The smallest absolute Gasteiger partial charge is 0.323 e. The van der Waals surface area contributed by atoms with Crippen LogP contribution in [0.15, 0.2) is 0 Å². The number of carboxylic acids is 1. The average Bonchev–Trinajstić information content (AvgIpc) is 1.99. The summed E-state index contributed by atoms with van der Waals surface area (Å²) < 4.78 is 0. The van der Waals surface area contributed by atoms with Crippen molar-refractivity contribution in [3.8, 4) is 11.8 Å². The predicted molar refractivity (Wildman–Crippen MR) is 47.8 cm³/mol. The minimum atomic E-state index is -0.843. The Morgan fingerprint density at radius 3 is 2.42 bits per heavy atom. The van der Waals surface area contributed by atoms with Crippen molar-refractivity contribution in [1.82, 2.24) is 4.90 Å². The van der Waals surface area contributed by atoms with E-state index in [0.717, 1.165) is 0 Å². The van der Waals surface area contributed by atoms with Crippen LogP contribution in [0.1, 0.15) is 20.8 Å². The lowest BCUT2D eigenvalue weighted by Crippen LogP contribution is -2.47. The summed E-state index contributed by atoms with van der Waals surface area (Å²) in [5, 5.41) is 8.82. The summed E-state index contributed by atoms with van der Waals surface area (Å²) in [4.78, 5) is 12.4. The van der Waals surface area contributed by atoms with Gasteiger partial charge in [0.2, 0.25) is 0 Å². The summed E-state index contributed by atoms with van der Waals surface area (Å²) in [7, 11) is 1.75. The van der Waals surface area contributed by atoms with Crippen molar-refractivity contribution in [1.29, 1.82) is 0 Å². The third kappa shape index (κ3) is 2.55. The van der Waals surface area contributed by atoms with Crippen LogP contribution in [0.25, 0.3) is 0 Å². The van der Waals surface area contributed by atoms with E-state index in [4.69, 9.17) is 5.11 Å². The first-order chi connectivity index (χ1) is 5.42. The summed E-state index contributed by atoms with van der Waals surface area (Å²) in [5.74, 6) is 4.72. The monoisotopic (exact) mass is 169 g/mol. The van der Waals surface area contributed by atoms with Crippen molar-refractivity contribution < 1.29 is 9.90 Å². The molecule has 0 fully saturated rings. The molecular weight excluding hydrogens is 154 g/mol. The number of rotatable bonds is 3. The van der Waals surface area contributed by atoms with Gasteiger partial charge >= 0.3 is 5.97 Å². The fourth-order valence-corrected chi connectivity index (χ4v) is 0.559. The van der Waals surface area contributed by atoms with E-state index in [0.29, 0.717) is 6.54 Å². The van der Waals surface area contributed by atoms with Crippen molar-refractivity contribution in [2.45, 2.75) is 26.3 Å². The lowest BCUT2D eigenvalue weighted by atomic mass is 10.0. The first-order valence-electron chi connectivity index (χ1n) is 3.77. The molecule has 0 aromatic carbocycles. The molecule has 0 saturated carbocycles. The predicted octanol–water partition coefficient (Wildman–Crippen LogP) is 0.805. The van der Waals surface area contributed by atoms with Crippen molar-refractivity contribution >= 4 is 5.97 Å². The number of hydrogen-bond acceptors (Lipinski definition) is 2. The van der Waals surface area contributed by atoms with Crippen LogP contribution in [0.3, 0.4) is 0 Å². The van der Waals surface area contributed by atoms with E-state index in [1.807, 2.05) is 0 Å². The molecule has 0 amide bonds. The molecular formula is C9H15NO2. The normalized spacial score (nSPS) is 10.8. The third-order valence-electron chi connectivity index (χ3n) is 1.97. The molecule has 3 heteroatoms. The number of likely N-dealkylation sites (N-methyl/N-ethyl adjacent to an activating group) is 1. The maximum absolute atomic E-state index is 10.7. The van der Waals surface area contributed by atoms with Gasteiger partial charge in [-0.15, -0.1) is 5.92 Å². The van der Waals surface area contributed by atoms with E-state index in [2.05, 4.69) is 11.8 Å². The summed E-state index contributed by atoms with van der Waals surface area (Å²) in [5.41, 5.74) is -0.843. The highest BCUT2D eigenvalue weighted by molar-refractivity contribution is 5.77. The molecule has 0 bridgehead atoms. The Hall–Kier alpha value is -1.01. The average molecular weight is 169 g/mol. The van der Waals surface area contributed by atoms with Gasteiger partial charge in [0.1, 0.15) is 5.54 Å². The number of hydrogen-bond donors (Lipinski definition) is 1. The highest BCUT2D eigenvalue weighted by Gasteiger charge is 2.31. The lowest BCUT2D eigenvalue weighted by molar-refractivity contribution is -0.148. The Morgan fingerprint density at radius 1 is 1.58 bits per heavy atom. The summed E-state index contributed by atoms with van der Waals surface area (Å²) in [6.45, 7) is 5.54. The van der Waals surface area contributed by atoms with Gasteiger partial charge in [-0.25, -0.2) is 0 Å². The zero-order valence-corrected chi connectivity index (χ0v) is 8.01. The molecule has 68 valence electrons. The van der Waals surface area contributed by atoms with Crippen LogP contribution < -0.4 is 0 Å². The molecule has 0 spiro atoms. The van der Waals surface area contributed by atoms with Gasteiger partial charge in [-0.3, -0.25) is 9.69 Å². The van der Waals surface area contributed by atoms with E-state index in [1.165, 1.54) is 0 Å². The van der Waals surface area contributed by atoms with Gasteiger partial charge in [-0.05, 0) is 27.8 Å². The minimum Gasteiger partial charge on any atom is -0.480 e. The molecule has 0 atom stereocenters. The summed E-state index contributed by atoms with van der Waals surface area (Å²) >= 11 is 0. The molecule has 0 aliphatic rings. The first-order valence-corrected chi connectivity index (χ1v) is 3.77. The summed E-state index contributed by atoms with van der Waals surface area (Å²) in [6.07, 6.45) is 0. The second-order valence-electron chi connectivity index (χ2n) is 3.15. The molecule has 0 aliphatic heterocycles. The molecule has 0 aliphatic carbocycles. The van der Waals surface area contributed by atoms with Crippen LogP contribution in [-0.4, -0.2) is 35.1 Å². The van der Waals surface area contributed by atoms with Crippen LogP contribution in [-0.2, 0) is 4.79 Å². The third-order valence-corrected chi connectivity index (χ3v) is 1.97. The van der Waals surface area contributed by atoms with Gasteiger partial charge in [-0.2, -0.15) is 0 Å². The Labute approximate surface area is 73.4 Å². The number of aliphatic carboxylic acids is 1. The van der Waals surface area contributed by atoms with Gasteiger partial charge in [-0.1, -0.05) is 5.92 Å². The van der Waals surface area contributed by atoms with Crippen molar-refractivity contribution in [3.05, 3.63) is 0 Å². The minimum absolute atomic E-state index is 0.482. The number of carbonyl (C=O) groups is 1. The van der Waals surface area contributed by atoms with E-state index < -0.39 is 11.5 Å². The van der Waals surface area contributed by atoms with E-state index in [-0.39, 0.29) is 0 Å². The van der Waals surface area contributed by atoms with Gasteiger partial charge in [0.05, 0.1) is 6.54 Å². The van der Waals surface area contributed by atoms with Crippen LogP contribution in [0.4, 0.5) is 0 Å². The highest BCUT2D eigenvalue weighted by atomic mass is 16.4. The largest absolute Gasteiger partial charge is 0.480 e. The highest BCUT2D eigenvalue weighted by Crippen LogP contribution is 2.10. The molecule has 3 nitrogen and oxygen atoms in total. The molecule has 0 unspecified atom stereocenters. The van der Waals surface area contributed by atoms with Crippen LogP contribution in [0.5, 0.6) is 0 Å². The van der Waals surface area contributed by atoms with Gasteiger partial charge in [0.25, 0.3) is 0 Å². The molecule has 0 aromatic heterocycles. The molecule has 0 heterocycles. The van der Waals surface area contributed by atoms with Crippen molar-refractivity contribution in [2.75, 3.05) is 13.6 Å². The zero-order valence-electron chi connectivity index (χ0n) is 8.01. The van der Waals surface area contributed by atoms with Crippen molar-refractivity contribution in [2.24, 2.45) is 0 Å². The van der Waals surface area contributed by atoms with Gasteiger partial charge < -0.3 is 5.11 Å². The summed E-state index contributed by atoms with van der Waals surface area (Å²) in [6, 6.07) is 0. The maximum atomic E-state index is 10.7. The Kier molecular flexibility index (Phi) is 3.78.